The van der Waals surface area contributed by atoms with Crippen LogP contribution < -0.4 is 16.4 Å². The maximum atomic E-state index is 14.2. The van der Waals surface area contributed by atoms with Crippen LogP contribution in [0.15, 0.2) is 24.3 Å². The Hall–Kier alpha value is -3.26. The second kappa shape index (κ2) is 21.0. The first kappa shape index (κ1) is 45.9. The standard InChI is InChI=1S/C40H70N6O7/c1-14-25(6)35(45(11)40(51)33(23(2)3)43-39(50)34(24(4)5)44(9)10)31(52-12)22-32(47)46-21-15-16-30(46)37(53-13)26(7)38(49)42-27(8)36(48)28-17-19-29(41)20-18-28/h17-20,23-27,30-31,33-37,48H,14-16,21-22,41H2,1-13H3,(H,42,49)(H,43,50)/t25?,26-,27-,30?,31-,33+,34+,35+,36-,37-/m1/s1. The summed E-state index contributed by atoms with van der Waals surface area (Å²) in [6.45, 7) is 15.9. The van der Waals surface area contributed by atoms with Gasteiger partial charge in [-0.25, -0.2) is 0 Å². The highest BCUT2D eigenvalue weighted by atomic mass is 16.5. The zero-order chi connectivity index (χ0) is 40.3. The van der Waals surface area contributed by atoms with Crippen molar-refractivity contribution in [2.24, 2.45) is 23.7 Å². The first-order valence-corrected chi connectivity index (χ1v) is 19.2. The second-order valence-electron chi connectivity index (χ2n) is 15.9. The molecule has 0 bridgehead atoms. The molecule has 302 valence electrons. The van der Waals surface area contributed by atoms with Crippen LogP contribution >= 0.6 is 0 Å². The number of aliphatic hydroxyl groups excluding tert-OH is 1. The number of nitrogens with two attached hydrogens (primary N) is 1. The summed E-state index contributed by atoms with van der Waals surface area (Å²) in [5.74, 6) is -1.65. The second-order valence-corrected chi connectivity index (χ2v) is 15.9. The van der Waals surface area contributed by atoms with Crippen LogP contribution in [0.4, 0.5) is 5.69 Å². The van der Waals surface area contributed by atoms with E-state index >= 15 is 0 Å². The van der Waals surface area contributed by atoms with E-state index in [9.17, 15) is 24.3 Å². The summed E-state index contributed by atoms with van der Waals surface area (Å²) < 4.78 is 11.9. The van der Waals surface area contributed by atoms with Gasteiger partial charge in [-0.1, -0.05) is 67.0 Å². The first-order chi connectivity index (χ1) is 24.8. The van der Waals surface area contributed by atoms with E-state index in [4.69, 9.17) is 15.2 Å². The van der Waals surface area contributed by atoms with Crippen LogP contribution in [0.1, 0.15) is 92.7 Å². The van der Waals surface area contributed by atoms with Crippen molar-refractivity contribution >= 4 is 29.3 Å². The Balaban J connectivity index is 2.25. The Labute approximate surface area is 318 Å². The molecule has 2 unspecified atom stereocenters. The molecule has 13 heteroatoms. The normalized spacial score (nSPS) is 19.9. The summed E-state index contributed by atoms with van der Waals surface area (Å²) in [7, 11) is 8.55. The molecule has 1 aromatic rings. The number of aliphatic hydroxyl groups is 1. The summed E-state index contributed by atoms with van der Waals surface area (Å²) in [6, 6.07) is 4.32. The molecule has 1 heterocycles. The van der Waals surface area contributed by atoms with E-state index in [0.717, 1.165) is 12.8 Å². The fourth-order valence-electron chi connectivity index (χ4n) is 7.83. The Bertz CT molecular complexity index is 1320. The van der Waals surface area contributed by atoms with Crippen LogP contribution in [0.3, 0.4) is 0 Å². The Morgan fingerprint density at radius 3 is 2.02 bits per heavy atom. The molecule has 0 saturated carbocycles. The number of hydrogen-bond acceptors (Lipinski definition) is 9. The predicted molar refractivity (Wildman–Crippen MR) is 209 cm³/mol. The molecular formula is C40H70N6O7. The third kappa shape index (κ3) is 11.9. The van der Waals surface area contributed by atoms with Gasteiger partial charge in [0.2, 0.25) is 23.6 Å². The quantitative estimate of drug-likeness (QED) is 0.146. The number of hydrogen-bond donors (Lipinski definition) is 4. The lowest BCUT2D eigenvalue weighted by molar-refractivity contribution is -0.148. The van der Waals surface area contributed by atoms with Gasteiger partial charge in [0.05, 0.1) is 54.8 Å². The number of nitrogens with zero attached hydrogens (tertiary/aromatic N) is 3. The summed E-state index contributed by atoms with van der Waals surface area (Å²) in [5.41, 5.74) is 7.01. The lowest BCUT2D eigenvalue weighted by Crippen LogP contribution is -2.59. The van der Waals surface area contributed by atoms with Crippen molar-refractivity contribution in [2.45, 2.75) is 130 Å². The minimum atomic E-state index is -0.936. The number of carbonyl (C=O) groups excluding carboxylic acids is 4. The van der Waals surface area contributed by atoms with Gasteiger partial charge in [-0.05, 0) is 69.3 Å². The van der Waals surface area contributed by atoms with Gasteiger partial charge in [0.25, 0.3) is 0 Å². The highest BCUT2D eigenvalue weighted by molar-refractivity contribution is 5.90. The van der Waals surface area contributed by atoms with Gasteiger partial charge in [0, 0.05) is 33.5 Å². The van der Waals surface area contributed by atoms with Crippen molar-refractivity contribution in [1.29, 1.82) is 0 Å². The van der Waals surface area contributed by atoms with E-state index in [1.165, 1.54) is 0 Å². The van der Waals surface area contributed by atoms with Gasteiger partial charge in [0.15, 0.2) is 0 Å². The number of carbonyl (C=O) groups is 4. The van der Waals surface area contributed by atoms with Crippen molar-refractivity contribution < 1.29 is 33.8 Å². The van der Waals surface area contributed by atoms with Crippen LogP contribution in [-0.2, 0) is 28.7 Å². The molecule has 4 amide bonds. The molecule has 2 rings (SSSR count). The molecule has 5 N–H and O–H groups in total. The topological polar surface area (TPSA) is 167 Å². The Morgan fingerprint density at radius 2 is 1.53 bits per heavy atom. The smallest absolute Gasteiger partial charge is 0.245 e. The molecular weight excluding hydrogens is 676 g/mol. The third-order valence-corrected chi connectivity index (χ3v) is 11.1. The first-order valence-electron chi connectivity index (χ1n) is 19.2. The summed E-state index contributed by atoms with van der Waals surface area (Å²) in [4.78, 5) is 60.6. The van der Waals surface area contributed by atoms with Gasteiger partial charge >= 0.3 is 0 Å². The van der Waals surface area contributed by atoms with Crippen molar-refractivity contribution in [3.05, 3.63) is 29.8 Å². The SMILES string of the molecule is CCC(C)[C@@H]([C@@H](CC(=O)N1CCCC1[C@H](OC)[C@@H](C)C(=O)N[C@H](C)[C@@H](O)c1ccc(N)cc1)OC)N(C)C(=O)[C@@H](NC(=O)[C@H](C(C)C)N(C)C)C(C)C. The maximum absolute atomic E-state index is 14.2. The molecule has 0 radical (unpaired) electrons. The number of nitrogen functional groups attached to an aromatic ring is 1. The zero-order valence-electron chi connectivity index (χ0n) is 34.6. The van der Waals surface area contributed by atoms with Crippen molar-refractivity contribution in [3.8, 4) is 0 Å². The highest BCUT2D eigenvalue weighted by Crippen LogP contribution is 2.30. The highest BCUT2D eigenvalue weighted by Gasteiger charge is 2.43. The van der Waals surface area contributed by atoms with E-state index in [0.29, 0.717) is 24.2 Å². The van der Waals surface area contributed by atoms with Crippen LogP contribution in [0.25, 0.3) is 0 Å². The molecule has 1 saturated heterocycles. The van der Waals surface area contributed by atoms with Crippen molar-refractivity contribution in [1.82, 2.24) is 25.3 Å². The number of amides is 4. The van der Waals surface area contributed by atoms with Gasteiger partial charge in [-0.2, -0.15) is 0 Å². The predicted octanol–water partition coefficient (Wildman–Crippen LogP) is 3.45. The average Bonchev–Trinajstić information content (AvgIpc) is 3.59. The maximum Gasteiger partial charge on any atom is 0.245 e. The summed E-state index contributed by atoms with van der Waals surface area (Å²) in [6.07, 6.45) is 0.0214. The van der Waals surface area contributed by atoms with Crippen LogP contribution in [0.2, 0.25) is 0 Å². The number of nitrogens with one attached hydrogen (secondary N) is 2. The minimum absolute atomic E-state index is 0.0224. The van der Waals surface area contributed by atoms with E-state index in [1.807, 2.05) is 60.5 Å². The number of rotatable bonds is 20. The summed E-state index contributed by atoms with van der Waals surface area (Å²) in [5, 5.41) is 16.8. The molecule has 53 heavy (non-hydrogen) atoms. The largest absolute Gasteiger partial charge is 0.399 e. The molecule has 10 atom stereocenters. The molecule has 1 aliphatic heterocycles. The molecule has 0 spiro atoms. The number of methoxy groups -OCH3 is 2. The molecule has 1 aliphatic rings. The van der Waals surface area contributed by atoms with Crippen molar-refractivity contribution in [2.75, 3.05) is 47.6 Å². The zero-order valence-corrected chi connectivity index (χ0v) is 34.6. The Kier molecular flexibility index (Phi) is 18.2. The van der Waals surface area contributed by atoms with Crippen molar-refractivity contribution in [3.63, 3.8) is 0 Å². The van der Waals surface area contributed by atoms with Crippen LogP contribution in [0, 0.1) is 23.7 Å². The molecule has 1 fully saturated rings. The number of likely N-dealkylation sites (N-methyl/N-ethyl adjacent to an activating group) is 2. The minimum Gasteiger partial charge on any atom is -0.399 e. The van der Waals surface area contributed by atoms with E-state index in [1.54, 1.807) is 69.2 Å². The van der Waals surface area contributed by atoms with Crippen LogP contribution in [-0.4, -0.2) is 128 Å². The van der Waals surface area contributed by atoms with Crippen LogP contribution in [0.5, 0.6) is 0 Å². The lowest BCUT2D eigenvalue weighted by Gasteiger charge is -2.41. The van der Waals surface area contributed by atoms with Gasteiger partial charge < -0.3 is 40.7 Å². The van der Waals surface area contributed by atoms with E-state index < -0.39 is 48.4 Å². The van der Waals surface area contributed by atoms with Gasteiger partial charge in [-0.15, -0.1) is 0 Å². The number of benzene rings is 1. The number of ether oxygens (including phenoxy) is 2. The summed E-state index contributed by atoms with van der Waals surface area (Å²) >= 11 is 0. The lowest BCUT2D eigenvalue weighted by atomic mass is 9.89. The average molecular weight is 747 g/mol. The third-order valence-electron chi connectivity index (χ3n) is 11.1. The Morgan fingerprint density at radius 1 is 0.925 bits per heavy atom. The van der Waals surface area contributed by atoms with Gasteiger partial charge in [0.1, 0.15) is 6.04 Å². The fourth-order valence-corrected chi connectivity index (χ4v) is 7.83. The molecule has 0 aliphatic carbocycles. The van der Waals surface area contributed by atoms with E-state index in [-0.39, 0.29) is 53.8 Å². The number of likely N-dealkylation sites (tertiary alicyclic amines) is 1. The number of anilines is 1. The molecule has 13 nitrogen and oxygen atoms in total. The van der Waals surface area contributed by atoms with E-state index in [2.05, 4.69) is 10.6 Å². The van der Waals surface area contributed by atoms with Gasteiger partial charge in [-0.3, -0.25) is 24.1 Å². The molecule has 1 aromatic carbocycles. The fraction of sp³-hybridized carbons (Fsp3) is 0.750. The molecule has 0 aromatic heterocycles. The monoisotopic (exact) mass is 747 g/mol.